The molecule has 0 bridgehead atoms. The van der Waals surface area contributed by atoms with Crippen LogP contribution in [0.25, 0.3) is 0 Å². The van der Waals surface area contributed by atoms with Crippen molar-refractivity contribution >= 4 is 34.1 Å². The fourth-order valence-corrected chi connectivity index (χ4v) is 1.83. The van der Waals surface area contributed by atoms with Gasteiger partial charge in [0.05, 0.1) is 0 Å². The van der Waals surface area contributed by atoms with Gasteiger partial charge in [-0.1, -0.05) is 0 Å². The molecule has 14 heavy (non-hydrogen) atoms. The van der Waals surface area contributed by atoms with Crippen LogP contribution in [0.4, 0.5) is 9.59 Å². The second kappa shape index (κ2) is 5.41. The number of hydrogen-bond donors (Lipinski definition) is 0. The van der Waals surface area contributed by atoms with E-state index in [4.69, 9.17) is 32.7 Å². The molecule has 80 valence electrons. The van der Waals surface area contributed by atoms with Crippen molar-refractivity contribution in [3.05, 3.63) is 0 Å². The summed E-state index contributed by atoms with van der Waals surface area (Å²) in [5.74, 6) is 0. The largest absolute Gasteiger partial charge is 0.450 e. The van der Waals surface area contributed by atoms with Crippen LogP contribution < -0.4 is 0 Å². The van der Waals surface area contributed by atoms with E-state index in [1.807, 2.05) is 0 Å². The van der Waals surface area contributed by atoms with E-state index in [0.717, 1.165) is 19.3 Å². The molecule has 0 amide bonds. The highest BCUT2D eigenvalue weighted by atomic mass is 35.5. The summed E-state index contributed by atoms with van der Waals surface area (Å²) in [6, 6.07) is 0. The summed E-state index contributed by atoms with van der Waals surface area (Å²) in [4.78, 5) is 20.9. The van der Waals surface area contributed by atoms with Gasteiger partial charge in [0, 0.05) is 29.6 Å². The Bertz CT molecular complexity index is 209. The molecule has 0 spiro atoms. The minimum Gasteiger partial charge on any atom is -0.450 e. The van der Waals surface area contributed by atoms with Crippen molar-refractivity contribution in [2.75, 3.05) is 0 Å². The van der Waals surface area contributed by atoms with Crippen molar-refractivity contribution in [2.24, 2.45) is 0 Å². The molecule has 4 nitrogen and oxygen atoms in total. The van der Waals surface area contributed by atoms with Crippen LogP contribution >= 0.6 is 23.2 Å². The molecule has 1 aliphatic carbocycles. The van der Waals surface area contributed by atoms with Crippen LogP contribution in [0.5, 0.6) is 0 Å². The third-order valence-electron chi connectivity index (χ3n) is 2.10. The van der Waals surface area contributed by atoms with Crippen molar-refractivity contribution < 1.29 is 19.1 Å². The summed E-state index contributed by atoms with van der Waals surface area (Å²) in [5, 5.41) is 0. The summed E-state index contributed by atoms with van der Waals surface area (Å²) in [6.07, 6.45) is 2.24. The smallest absolute Gasteiger partial charge is 0.404 e. The molecule has 2 unspecified atom stereocenters. The lowest BCUT2D eigenvalue weighted by atomic mass is 9.95. The first kappa shape index (κ1) is 11.6. The van der Waals surface area contributed by atoms with Crippen LogP contribution in [0.15, 0.2) is 0 Å². The predicted molar refractivity (Wildman–Crippen MR) is 50.7 cm³/mol. The van der Waals surface area contributed by atoms with Crippen molar-refractivity contribution in [1.82, 2.24) is 0 Å². The Labute approximate surface area is 91.4 Å². The standard InChI is InChI=1S/C8H10Cl2O4/c9-7(11)13-5-2-1-3-6(4-5)14-8(10)12/h5-6H,1-4H2. The Kier molecular flexibility index (Phi) is 4.48. The Morgan fingerprint density at radius 2 is 1.43 bits per heavy atom. The van der Waals surface area contributed by atoms with Crippen molar-refractivity contribution in [1.29, 1.82) is 0 Å². The molecule has 2 atom stereocenters. The van der Waals surface area contributed by atoms with Gasteiger partial charge >= 0.3 is 10.9 Å². The number of halogens is 2. The molecule has 1 rings (SSSR count). The van der Waals surface area contributed by atoms with E-state index in [9.17, 15) is 9.59 Å². The van der Waals surface area contributed by atoms with E-state index >= 15 is 0 Å². The summed E-state index contributed by atoms with van der Waals surface area (Å²) >= 11 is 10.1. The highest BCUT2D eigenvalue weighted by molar-refractivity contribution is 6.61. The molecule has 0 radical (unpaired) electrons. The quantitative estimate of drug-likeness (QED) is 0.697. The van der Waals surface area contributed by atoms with Gasteiger partial charge in [-0.05, 0) is 19.3 Å². The predicted octanol–water partition coefficient (Wildman–Crippen LogP) is 3.05. The average molecular weight is 241 g/mol. The first-order valence-corrected chi connectivity index (χ1v) is 5.05. The molecule has 0 aliphatic heterocycles. The second-order valence-electron chi connectivity index (χ2n) is 3.12. The summed E-state index contributed by atoms with van der Waals surface area (Å²) in [7, 11) is 0. The Morgan fingerprint density at radius 1 is 1.00 bits per heavy atom. The van der Waals surface area contributed by atoms with E-state index in [1.165, 1.54) is 0 Å². The zero-order valence-electron chi connectivity index (χ0n) is 7.37. The topological polar surface area (TPSA) is 52.6 Å². The lowest BCUT2D eigenvalue weighted by Crippen LogP contribution is -2.29. The maximum absolute atomic E-state index is 10.5. The molecular weight excluding hydrogens is 231 g/mol. The van der Waals surface area contributed by atoms with Gasteiger partial charge in [0.2, 0.25) is 0 Å². The molecular formula is C8H10Cl2O4. The van der Waals surface area contributed by atoms with E-state index in [1.54, 1.807) is 0 Å². The second-order valence-corrected chi connectivity index (χ2v) is 3.74. The summed E-state index contributed by atoms with van der Waals surface area (Å²) in [5.41, 5.74) is -1.65. The number of hydrogen-bond acceptors (Lipinski definition) is 4. The molecule has 0 aromatic rings. The Balaban J connectivity index is 2.35. The van der Waals surface area contributed by atoms with Gasteiger partial charge in [0.1, 0.15) is 12.2 Å². The fraction of sp³-hybridized carbons (Fsp3) is 0.750. The maximum atomic E-state index is 10.5. The van der Waals surface area contributed by atoms with Crippen LogP contribution in [0.2, 0.25) is 0 Å². The lowest BCUT2D eigenvalue weighted by molar-refractivity contribution is 0.0269. The van der Waals surface area contributed by atoms with Gasteiger partial charge in [0.15, 0.2) is 0 Å². The van der Waals surface area contributed by atoms with Crippen molar-refractivity contribution in [3.8, 4) is 0 Å². The number of rotatable bonds is 2. The first-order valence-electron chi connectivity index (χ1n) is 4.30. The third kappa shape index (κ3) is 4.15. The molecule has 6 heteroatoms. The minimum atomic E-state index is -0.826. The minimum absolute atomic E-state index is 0.269. The van der Waals surface area contributed by atoms with Crippen molar-refractivity contribution in [2.45, 2.75) is 37.9 Å². The zero-order valence-corrected chi connectivity index (χ0v) is 8.88. The van der Waals surface area contributed by atoms with E-state index < -0.39 is 10.9 Å². The highest BCUT2D eigenvalue weighted by Gasteiger charge is 2.26. The van der Waals surface area contributed by atoms with Crippen LogP contribution in [0.1, 0.15) is 25.7 Å². The van der Waals surface area contributed by atoms with E-state index in [-0.39, 0.29) is 12.2 Å². The molecule has 0 aromatic heterocycles. The summed E-state index contributed by atoms with van der Waals surface area (Å²) < 4.78 is 9.59. The maximum Gasteiger partial charge on any atom is 0.404 e. The first-order chi connectivity index (χ1) is 6.58. The highest BCUT2D eigenvalue weighted by Crippen LogP contribution is 2.24. The van der Waals surface area contributed by atoms with E-state index in [2.05, 4.69) is 0 Å². The van der Waals surface area contributed by atoms with Gasteiger partial charge in [0.25, 0.3) is 0 Å². The van der Waals surface area contributed by atoms with E-state index in [0.29, 0.717) is 6.42 Å². The molecule has 1 saturated carbocycles. The molecule has 0 N–H and O–H groups in total. The Hall–Kier alpha value is -0.480. The van der Waals surface area contributed by atoms with Crippen molar-refractivity contribution in [3.63, 3.8) is 0 Å². The number of carbonyl (C=O) groups excluding carboxylic acids is 2. The summed E-state index contributed by atoms with van der Waals surface area (Å²) in [6.45, 7) is 0. The fourth-order valence-electron chi connectivity index (χ4n) is 1.58. The zero-order chi connectivity index (χ0) is 10.6. The SMILES string of the molecule is O=C(Cl)OC1CCCC(OC(=O)Cl)C1. The van der Waals surface area contributed by atoms with Gasteiger partial charge < -0.3 is 9.47 Å². The number of ether oxygens (including phenoxy) is 2. The normalized spacial score (nSPS) is 26.7. The molecule has 0 saturated heterocycles. The van der Waals surface area contributed by atoms with Crippen LogP contribution in [0, 0.1) is 0 Å². The number of carbonyl (C=O) groups is 2. The van der Waals surface area contributed by atoms with Gasteiger partial charge in [-0.2, -0.15) is 0 Å². The van der Waals surface area contributed by atoms with Gasteiger partial charge in [-0.15, -0.1) is 0 Å². The lowest BCUT2D eigenvalue weighted by Gasteiger charge is -2.27. The van der Waals surface area contributed by atoms with Crippen LogP contribution in [0.3, 0.4) is 0 Å². The molecule has 0 aromatic carbocycles. The molecule has 1 fully saturated rings. The Morgan fingerprint density at radius 3 is 1.79 bits per heavy atom. The molecule has 0 heterocycles. The monoisotopic (exact) mass is 240 g/mol. The third-order valence-corrected chi connectivity index (χ3v) is 2.27. The average Bonchev–Trinajstić information content (AvgIpc) is 2.01. The van der Waals surface area contributed by atoms with Crippen LogP contribution in [-0.4, -0.2) is 23.1 Å². The van der Waals surface area contributed by atoms with Gasteiger partial charge in [-0.3, -0.25) is 0 Å². The molecule has 1 aliphatic rings. The van der Waals surface area contributed by atoms with Crippen LogP contribution in [-0.2, 0) is 9.47 Å². The van der Waals surface area contributed by atoms with Gasteiger partial charge in [-0.25, -0.2) is 9.59 Å².